The molecular weight excluding hydrogens is 516 g/mol. The van der Waals surface area contributed by atoms with Crippen LogP contribution >= 0.6 is 0 Å². The summed E-state index contributed by atoms with van der Waals surface area (Å²) >= 11 is 0. The molecule has 3 aromatic rings. The maximum absolute atomic E-state index is 13.7. The Morgan fingerprint density at radius 1 is 1.15 bits per heavy atom. The van der Waals surface area contributed by atoms with Crippen molar-refractivity contribution in [2.45, 2.75) is 39.0 Å². The number of rotatable bonds is 6. The molecule has 1 saturated carbocycles. The first kappa shape index (κ1) is 27.3. The Morgan fingerprint density at radius 3 is 2.80 bits per heavy atom. The highest BCUT2D eigenvalue weighted by atomic mass is 16.5. The number of benzene rings is 1. The number of hydrogen-bond donors (Lipinski definition) is 2. The third kappa shape index (κ3) is 6.07. The van der Waals surface area contributed by atoms with Gasteiger partial charge < -0.3 is 25.2 Å². The Labute approximate surface area is 241 Å². The fraction of sp³-hybridized carbons (Fsp3) is 0.484. The molecule has 1 unspecified atom stereocenters. The Balaban J connectivity index is 1.34. The first-order valence-electron chi connectivity index (χ1n) is 14.7. The minimum Gasteiger partial charge on any atom is -0.477 e. The molecule has 3 aliphatic rings. The van der Waals surface area contributed by atoms with Gasteiger partial charge in [0.2, 0.25) is 11.8 Å². The van der Waals surface area contributed by atoms with Gasteiger partial charge in [-0.05, 0) is 102 Å². The first-order chi connectivity index (χ1) is 19.9. The van der Waals surface area contributed by atoms with Gasteiger partial charge in [-0.15, -0.1) is 0 Å². The summed E-state index contributed by atoms with van der Waals surface area (Å²) < 4.78 is 8.00. The molecule has 2 N–H and O–H groups in total. The van der Waals surface area contributed by atoms with Gasteiger partial charge in [0.05, 0.1) is 35.4 Å². The van der Waals surface area contributed by atoms with Gasteiger partial charge in [-0.3, -0.25) is 9.78 Å². The lowest BCUT2D eigenvalue weighted by atomic mass is 9.97. The third-order valence-electron chi connectivity index (χ3n) is 8.13. The van der Waals surface area contributed by atoms with Gasteiger partial charge in [-0.2, -0.15) is 10.1 Å². The van der Waals surface area contributed by atoms with Crippen LogP contribution in [0.4, 0.5) is 17.1 Å². The number of carbonyl (C=O) groups is 1. The smallest absolute Gasteiger partial charge is 0.280 e. The minimum absolute atomic E-state index is 0.303. The van der Waals surface area contributed by atoms with Gasteiger partial charge in [-0.25, -0.2) is 4.68 Å². The molecular formula is C31H40N8O2. The predicted molar refractivity (Wildman–Crippen MR) is 163 cm³/mol. The van der Waals surface area contributed by atoms with E-state index in [9.17, 15) is 4.79 Å². The molecule has 1 aromatic carbocycles. The summed E-state index contributed by atoms with van der Waals surface area (Å²) in [6.07, 6.45) is 7.30. The standard InChI is InChI=1S/C31H40N8O2/c1-20-15-23-16-26(34-20)25-18-33-38(4)30(25)41-14-5-7-22(21-8-9-21)19-39-28-11-10-24(32-12-6-13-37(2)3)17-27(28)35-31(39)36-29(23)40/h10-11,15-18,21-22,32H,5-9,12-14,19H2,1-4H3,(H,35,36,40). The minimum atomic E-state index is -0.303. The number of nitrogens with one attached hydrogen (secondary N) is 2. The fourth-order valence-corrected chi connectivity index (χ4v) is 5.84. The first-order valence-corrected chi connectivity index (χ1v) is 14.7. The van der Waals surface area contributed by atoms with E-state index in [0.717, 1.165) is 67.2 Å². The van der Waals surface area contributed by atoms with E-state index in [1.807, 2.05) is 14.0 Å². The average Bonchev–Trinajstić information content (AvgIpc) is 3.64. The van der Waals surface area contributed by atoms with Crippen molar-refractivity contribution in [1.29, 1.82) is 0 Å². The molecule has 10 nitrogen and oxygen atoms in total. The highest BCUT2D eigenvalue weighted by molar-refractivity contribution is 6.19. The summed E-state index contributed by atoms with van der Waals surface area (Å²) in [5.74, 6) is 2.14. The molecule has 1 aliphatic carbocycles. The van der Waals surface area contributed by atoms with E-state index in [0.29, 0.717) is 41.5 Å². The molecule has 41 heavy (non-hydrogen) atoms. The van der Waals surface area contributed by atoms with Gasteiger partial charge >= 0.3 is 0 Å². The van der Waals surface area contributed by atoms with Crippen molar-refractivity contribution in [2.75, 3.05) is 55.9 Å². The van der Waals surface area contributed by atoms with E-state index < -0.39 is 0 Å². The largest absolute Gasteiger partial charge is 0.477 e. The summed E-state index contributed by atoms with van der Waals surface area (Å²) in [6.45, 7) is 5.24. The van der Waals surface area contributed by atoms with Crippen LogP contribution in [0.25, 0.3) is 11.3 Å². The van der Waals surface area contributed by atoms with Crippen LogP contribution in [0.15, 0.2) is 41.5 Å². The summed E-state index contributed by atoms with van der Waals surface area (Å²) in [7, 11) is 6.05. The number of hydrogen-bond acceptors (Lipinski definition) is 8. The topological polar surface area (TPSA) is 99.9 Å². The van der Waals surface area contributed by atoms with E-state index in [1.165, 1.54) is 12.8 Å². The van der Waals surface area contributed by atoms with Gasteiger partial charge in [0.25, 0.3) is 5.91 Å². The Bertz CT molecular complexity index is 1460. The van der Waals surface area contributed by atoms with Crippen molar-refractivity contribution >= 4 is 28.9 Å². The highest BCUT2D eigenvalue weighted by Crippen LogP contribution is 2.43. The molecule has 216 valence electrons. The van der Waals surface area contributed by atoms with Crippen LogP contribution in [0.5, 0.6) is 5.88 Å². The van der Waals surface area contributed by atoms with Crippen LogP contribution in [0.3, 0.4) is 0 Å². The zero-order chi connectivity index (χ0) is 28.5. The monoisotopic (exact) mass is 556 g/mol. The van der Waals surface area contributed by atoms with Crippen LogP contribution in [0, 0.1) is 18.8 Å². The van der Waals surface area contributed by atoms with Crippen LogP contribution < -0.4 is 20.3 Å². The van der Waals surface area contributed by atoms with Crippen LogP contribution in [-0.4, -0.2) is 71.9 Å². The molecule has 2 aromatic heterocycles. The van der Waals surface area contributed by atoms with Gasteiger partial charge in [0.15, 0.2) is 0 Å². The number of anilines is 3. The molecule has 0 radical (unpaired) electrons. The number of ether oxygens (including phenoxy) is 1. The van der Waals surface area contributed by atoms with Gasteiger partial charge in [0.1, 0.15) is 0 Å². The van der Waals surface area contributed by atoms with E-state index in [-0.39, 0.29) is 5.91 Å². The summed E-state index contributed by atoms with van der Waals surface area (Å²) in [4.78, 5) is 27.4. The Morgan fingerprint density at radius 2 is 2.00 bits per heavy atom. The molecule has 1 amide bonds. The molecule has 1 fully saturated rings. The van der Waals surface area contributed by atoms with E-state index in [2.05, 4.69) is 62.8 Å². The quantitative estimate of drug-likeness (QED) is 0.419. The van der Waals surface area contributed by atoms with Crippen LogP contribution in [-0.2, 0) is 7.05 Å². The van der Waals surface area contributed by atoms with Gasteiger partial charge in [-0.1, -0.05) is 0 Å². The number of aromatic nitrogens is 3. The molecule has 2 aliphatic heterocycles. The number of amides is 1. The zero-order valence-electron chi connectivity index (χ0n) is 24.5. The second-order valence-corrected chi connectivity index (χ2v) is 11.7. The Hall–Kier alpha value is -3.92. The van der Waals surface area contributed by atoms with Crippen LogP contribution in [0.2, 0.25) is 0 Å². The molecule has 6 rings (SSSR count). The fourth-order valence-electron chi connectivity index (χ4n) is 5.84. The van der Waals surface area contributed by atoms with Crippen molar-refractivity contribution in [1.82, 2.24) is 19.7 Å². The van der Waals surface area contributed by atoms with E-state index in [1.54, 1.807) is 23.0 Å². The lowest BCUT2D eigenvalue weighted by molar-refractivity contribution is 0.100. The number of carbonyl (C=O) groups excluding carboxylic acids is 1. The second kappa shape index (κ2) is 11.5. The number of fused-ring (bicyclic) bond motifs is 7. The molecule has 4 heterocycles. The molecule has 10 heteroatoms. The van der Waals surface area contributed by atoms with E-state index >= 15 is 0 Å². The lowest BCUT2D eigenvalue weighted by Gasteiger charge is -2.25. The highest BCUT2D eigenvalue weighted by Gasteiger charge is 2.36. The summed E-state index contributed by atoms with van der Waals surface area (Å²) in [5, 5.41) is 11.4. The van der Waals surface area contributed by atoms with Crippen molar-refractivity contribution in [3.05, 3.63) is 47.8 Å². The number of pyridine rings is 1. The second-order valence-electron chi connectivity index (χ2n) is 11.7. The lowest BCUT2D eigenvalue weighted by Crippen LogP contribution is -2.36. The summed E-state index contributed by atoms with van der Waals surface area (Å²) in [6, 6.07) is 9.98. The number of aryl methyl sites for hydroxylation is 2. The number of guanidine groups is 1. The van der Waals surface area contributed by atoms with Crippen molar-refractivity contribution in [2.24, 2.45) is 23.9 Å². The summed E-state index contributed by atoms with van der Waals surface area (Å²) in [5.41, 5.74) is 5.76. The van der Waals surface area contributed by atoms with Crippen LogP contribution in [0.1, 0.15) is 48.2 Å². The third-order valence-corrected chi connectivity index (χ3v) is 8.13. The van der Waals surface area contributed by atoms with Crippen molar-refractivity contribution < 1.29 is 9.53 Å². The predicted octanol–water partition coefficient (Wildman–Crippen LogP) is 4.78. The normalized spacial score (nSPS) is 20.1. The molecule has 2 bridgehead atoms. The van der Waals surface area contributed by atoms with E-state index in [4.69, 9.17) is 9.72 Å². The van der Waals surface area contributed by atoms with Crippen molar-refractivity contribution in [3.8, 4) is 17.1 Å². The number of aliphatic imine (C=N–C) groups is 1. The van der Waals surface area contributed by atoms with Crippen molar-refractivity contribution in [3.63, 3.8) is 0 Å². The maximum atomic E-state index is 13.7. The SMILES string of the molecule is Cc1cc2cc(n1)-c1cnn(C)c1OCCCC(C1CC1)CN1/C(=N/C2=O)Nc2cc(NCCCN(C)C)ccc21. The molecule has 1 atom stereocenters. The number of nitrogens with zero attached hydrogens (tertiary/aromatic N) is 6. The maximum Gasteiger partial charge on any atom is 0.280 e. The molecule has 0 saturated heterocycles. The zero-order valence-corrected chi connectivity index (χ0v) is 24.5. The molecule has 0 spiro atoms. The average molecular weight is 557 g/mol. The van der Waals surface area contributed by atoms with Gasteiger partial charge in [0, 0.05) is 37.1 Å². The Kier molecular flexibility index (Phi) is 7.66.